The number of pyridine rings is 1. The van der Waals surface area contributed by atoms with Gasteiger partial charge in [-0.05, 0) is 24.3 Å². The maximum absolute atomic E-state index is 14.0. The average molecular weight is 413 g/mol. The van der Waals surface area contributed by atoms with Gasteiger partial charge in [-0.2, -0.15) is 0 Å². The van der Waals surface area contributed by atoms with Crippen LogP contribution >= 0.6 is 11.8 Å². The Kier molecular flexibility index (Phi) is 5.61. The molecule has 1 saturated heterocycles. The van der Waals surface area contributed by atoms with Gasteiger partial charge in [0.05, 0.1) is 11.3 Å². The molecule has 8 nitrogen and oxygen atoms in total. The fraction of sp³-hybridized carbons (Fsp3) is 0.263. The van der Waals surface area contributed by atoms with E-state index in [1.807, 2.05) is 23.1 Å². The topological polar surface area (TPSA) is 93.2 Å². The van der Waals surface area contributed by atoms with Gasteiger partial charge in [-0.3, -0.25) is 4.79 Å². The molecule has 0 bridgehead atoms. The van der Waals surface area contributed by atoms with Gasteiger partial charge in [0.2, 0.25) is 11.1 Å². The molecule has 2 aromatic heterocycles. The molecule has 29 heavy (non-hydrogen) atoms. The summed E-state index contributed by atoms with van der Waals surface area (Å²) in [5, 5.41) is 8.33. The highest BCUT2D eigenvalue weighted by Crippen LogP contribution is 2.24. The maximum Gasteiger partial charge on any atom is 0.233 e. The van der Waals surface area contributed by atoms with Gasteiger partial charge in [0, 0.05) is 32.4 Å². The molecular formula is C19H20FN7OS. The molecule has 0 atom stereocenters. The number of hydrogen-bond acceptors (Lipinski definition) is 7. The lowest BCUT2D eigenvalue weighted by molar-refractivity contribution is -0.128. The molecule has 10 heteroatoms. The molecule has 0 radical (unpaired) electrons. The van der Waals surface area contributed by atoms with E-state index in [9.17, 15) is 9.18 Å². The van der Waals surface area contributed by atoms with Gasteiger partial charge < -0.3 is 15.6 Å². The summed E-state index contributed by atoms with van der Waals surface area (Å²) in [6, 6.07) is 12.0. The van der Waals surface area contributed by atoms with Crippen molar-refractivity contribution in [1.29, 1.82) is 0 Å². The number of amides is 1. The second-order valence-corrected chi connectivity index (χ2v) is 7.44. The highest BCUT2D eigenvalue weighted by molar-refractivity contribution is 7.99. The van der Waals surface area contributed by atoms with E-state index in [1.165, 1.54) is 22.5 Å². The van der Waals surface area contributed by atoms with Crippen molar-refractivity contribution < 1.29 is 9.18 Å². The predicted molar refractivity (Wildman–Crippen MR) is 109 cm³/mol. The molecule has 2 N–H and O–H groups in total. The Morgan fingerprint density at radius 2 is 1.83 bits per heavy atom. The van der Waals surface area contributed by atoms with Crippen molar-refractivity contribution in [3.63, 3.8) is 0 Å². The van der Waals surface area contributed by atoms with E-state index in [0.29, 0.717) is 18.2 Å². The van der Waals surface area contributed by atoms with Crippen LogP contribution in [0.5, 0.6) is 0 Å². The van der Waals surface area contributed by atoms with Crippen molar-refractivity contribution in [3.05, 3.63) is 54.5 Å². The molecule has 3 aromatic rings. The lowest BCUT2D eigenvalue weighted by atomic mass is 10.2. The molecule has 1 fully saturated rings. The van der Waals surface area contributed by atoms with Crippen LogP contribution in [0, 0.1) is 5.82 Å². The SMILES string of the molecule is Nn1c(SCC(=O)N2CCN(c3ccccn3)CC2)nnc1-c1ccccc1F. The van der Waals surface area contributed by atoms with Crippen LogP contribution < -0.4 is 10.7 Å². The van der Waals surface area contributed by atoms with Gasteiger partial charge in [0.25, 0.3) is 0 Å². The molecule has 4 rings (SSSR count). The monoisotopic (exact) mass is 413 g/mol. The fourth-order valence-corrected chi connectivity index (χ4v) is 3.90. The predicted octanol–water partition coefficient (Wildman–Crippen LogP) is 1.63. The van der Waals surface area contributed by atoms with Crippen LogP contribution in [0.4, 0.5) is 10.2 Å². The van der Waals surface area contributed by atoms with Crippen LogP contribution in [0.25, 0.3) is 11.4 Å². The third-order valence-electron chi connectivity index (χ3n) is 4.71. The first-order chi connectivity index (χ1) is 14.1. The third kappa shape index (κ3) is 4.16. The molecule has 0 aliphatic carbocycles. The first-order valence-electron chi connectivity index (χ1n) is 9.15. The number of benzene rings is 1. The lowest BCUT2D eigenvalue weighted by Crippen LogP contribution is -2.49. The summed E-state index contributed by atoms with van der Waals surface area (Å²) in [5.41, 5.74) is 0.270. The van der Waals surface area contributed by atoms with Crippen LogP contribution in [-0.4, -0.2) is 62.6 Å². The summed E-state index contributed by atoms with van der Waals surface area (Å²) >= 11 is 1.19. The summed E-state index contributed by atoms with van der Waals surface area (Å²) in [6.45, 7) is 2.73. The minimum Gasteiger partial charge on any atom is -0.353 e. The van der Waals surface area contributed by atoms with Crippen molar-refractivity contribution in [1.82, 2.24) is 24.8 Å². The minimum atomic E-state index is -0.426. The highest BCUT2D eigenvalue weighted by Gasteiger charge is 2.23. The molecule has 1 aliphatic rings. The molecule has 0 unspecified atom stereocenters. The number of hydrogen-bond donors (Lipinski definition) is 1. The summed E-state index contributed by atoms with van der Waals surface area (Å²) in [7, 11) is 0. The van der Waals surface area contributed by atoms with Crippen LogP contribution in [0.1, 0.15) is 0 Å². The zero-order valence-electron chi connectivity index (χ0n) is 15.6. The van der Waals surface area contributed by atoms with Crippen LogP contribution in [-0.2, 0) is 4.79 Å². The number of thioether (sulfide) groups is 1. The normalized spacial score (nSPS) is 14.2. The Morgan fingerprint density at radius 1 is 1.07 bits per heavy atom. The van der Waals surface area contributed by atoms with E-state index in [1.54, 1.807) is 24.4 Å². The molecule has 0 saturated carbocycles. The number of halogens is 1. The van der Waals surface area contributed by atoms with E-state index in [4.69, 9.17) is 5.84 Å². The number of aromatic nitrogens is 4. The van der Waals surface area contributed by atoms with E-state index < -0.39 is 5.82 Å². The Balaban J connectivity index is 1.33. The van der Waals surface area contributed by atoms with Crippen LogP contribution in [0.2, 0.25) is 0 Å². The zero-order chi connectivity index (χ0) is 20.2. The van der Waals surface area contributed by atoms with Crippen LogP contribution in [0.3, 0.4) is 0 Å². The van der Waals surface area contributed by atoms with Gasteiger partial charge >= 0.3 is 0 Å². The van der Waals surface area contributed by atoms with Crippen molar-refractivity contribution in [2.45, 2.75) is 5.16 Å². The molecule has 1 aromatic carbocycles. The molecule has 1 amide bonds. The summed E-state index contributed by atoms with van der Waals surface area (Å²) < 4.78 is 15.2. The number of rotatable bonds is 5. The smallest absolute Gasteiger partial charge is 0.233 e. The minimum absolute atomic E-state index is 0.00566. The standard InChI is InChI=1S/C19H20FN7OS/c20-15-6-2-1-5-14(15)18-23-24-19(27(18)21)29-13-17(28)26-11-9-25(10-12-26)16-7-3-4-8-22-16/h1-8H,9-13,21H2. The number of nitrogens with zero attached hydrogens (tertiary/aromatic N) is 6. The van der Waals surface area contributed by atoms with Gasteiger partial charge in [0.1, 0.15) is 11.6 Å². The van der Waals surface area contributed by atoms with E-state index in [2.05, 4.69) is 20.1 Å². The quantitative estimate of drug-likeness (QED) is 0.502. The van der Waals surface area contributed by atoms with Gasteiger partial charge in [0.15, 0.2) is 5.82 Å². The molecule has 3 heterocycles. The molecule has 0 spiro atoms. The molecular weight excluding hydrogens is 393 g/mol. The second kappa shape index (κ2) is 8.48. The van der Waals surface area contributed by atoms with E-state index in [-0.39, 0.29) is 23.0 Å². The van der Waals surface area contributed by atoms with Crippen LogP contribution in [0.15, 0.2) is 53.8 Å². The third-order valence-corrected chi connectivity index (χ3v) is 5.64. The Labute approximate surface area is 171 Å². The lowest BCUT2D eigenvalue weighted by Gasteiger charge is -2.35. The van der Waals surface area contributed by atoms with Gasteiger partial charge in [-0.1, -0.05) is 30.0 Å². The number of carbonyl (C=O) groups excluding carboxylic acids is 1. The second-order valence-electron chi connectivity index (χ2n) is 6.50. The van der Waals surface area contributed by atoms with E-state index >= 15 is 0 Å². The molecule has 1 aliphatic heterocycles. The number of carbonyl (C=O) groups is 1. The first kappa shape index (κ1) is 19.2. The van der Waals surface area contributed by atoms with Gasteiger partial charge in [-0.15, -0.1) is 10.2 Å². The van der Waals surface area contributed by atoms with Crippen molar-refractivity contribution in [3.8, 4) is 11.4 Å². The summed E-state index contributed by atoms with van der Waals surface area (Å²) in [4.78, 5) is 20.9. The Hall–Kier alpha value is -3.14. The Bertz CT molecular complexity index is 989. The Morgan fingerprint density at radius 3 is 2.55 bits per heavy atom. The number of nitrogen functional groups attached to an aromatic ring is 1. The van der Waals surface area contributed by atoms with Crippen molar-refractivity contribution >= 4 is 23.5 Å². The fourth-order valence-electron chi connectivity index (χ4n) is 3.15. The number of nitrogens with two attached hydrogens (primary N) is 1. The zero-order valence-corrected chi connectivity index (χ0v) is 16.4. The number of piperazine rings is 1. The average Bonchev–Trinajstić information content (AvgIpc) is 3.13. The van der Waals surface area contributed by atoms with Crippen molar-refractivity contribution in [2.75, 3.05) is 42.7 Å². The number of anilines is 1. The summed E-state index contributed by atoms with van der Waals surface area (Å²) in [5.74, 6) is 6.93. The summed E-state index contributed by atoms with van der Waals surface area (Å²) in [6.07, 6.45) is 1.77. The van der Waals surface area contributed by atoms with Gasteiger partial charge in [-0.25, -0.2) is 14.1 Å². The largest absolute Gasteiger partial charge is 0.353 e. The maximum atomic E-state index is 14.0. The van der Waals surface area contributed by atoms with E-state index in [0.717, 1.165) is 18.9 Å². The highest BCUT2D eigenvalue weighted by atomic mass is 32.2. The molecule has 150 valence electrons. The van der Waals surface area contributed by atoms with Crippen molar-refractivity contribution in [2.24, 2.45) is 0 Å². The first-order valence-corrected chi connectivity index (χ1v) is 10.1.